The lowest BCUT2D eigenvalue weighted by molar-refractivity contribution is -0.540. The zero-order valence-corrected chi connectivity index (χ0v) is 13.1. The Labute approximate surface area is 122 Å². The fourth-order valence-electron chi connectivity index (χ4n) is 3.82. The van der Waals surface area contributed by atoms with E-state index in [4.69, 9.17) is 19.2 Å². The first kappa shape index (κ1) is 14.8. The van der Waals surface area contributed by atoms with Crippen molar-refractivity contribution < 1.29 is 19.2 Å². The van der Waals surface area contributed by atoms with Crippen LogP contribution < -0.4 is 0 Å². The third kappa shape index (κ3) is 2.76. The maximum Gasteiger partial charge on any atom is 0.201 e. The summed E-state index contributed by atoms with van der Waals surface area (Å²) in [4.78, 5) is 11.4. The Kier molecular flexibility index (Phi) is 4.10. The zero-order chi connectivity index (χ0) is 14.3. The molecule has 0 amide bonds. The van der Waals surface area contributed by atoms with Crippen molar-refractivity contribution >= 4 is 0 Å². The predicted octanol–water partition coefficient (Wildman–Crippen LogP) is 3.65. The van der Waals surface area contributed by atoms with Crippen LogP contribution >= 0.6 is 0 Å². The van der Waals surface area contributed by atoms with Crippen LogP contribution in [-0.4, -0.2) is 24.3 Å². The molecule has 0 spiro atoms. The SMILES string of the molecule is CC1O[C@@H]2O[C@@]3(C)CCC[C@H](C)CCC(C2OO3)[C@H]1C. The van der Waals surface area contributed by atoms with Gasteiger partial charge in [-0.1, -0.05) is 26.7 Å². The van der Waals surface area contributed by atoms with Crippen LogP contribution in [-0.2, 0) is 19.2 Å². The van der Waals surface area contributed by atoms with Crippen molar-refractivity contribution in [2.24, 2.45) is 17.8 Å². The first-order valence-electron chi connectivity index (χ1n) is 8.16. The molecule has 4 rings (SSSR count). The molecule has 20 heavy (non-hydrogen) atoms. The summed E-state index contributed by atoms with van der Waals surface area (Å²) < 4.78 is 12.2. The first-order valence-corrected chi connectivity index (χ1v) is 8.16. The fraction of sp³-hybridized carbons (Fsp3) is 1.00. The fourth-order valence-corrected chi connectivity index (χ4v) is 3.82. The van der Waals surface area contributed by atoms with Crippen LogP contribution in [0, 0.1) is 17.8 Å². The second-order valence-electron chi connectivity index (χ2n) is 7.20. The van der Waals surface area contributed by atoms with E-state index in [1.165, 1.54) is 19.3 Å². The Morgan fingerprint density at radius 2 is 1.85 bits per heavy atom. The average Bonchev–Trinajstić information content (AvgIpc) is 2.42. The molecule has 4 aliphatic heterocycles. The van der Waals surface area contributed by atoms with Crippen LogP contribution in [0.25, 0.3) is 0 Å². The molecule has 4 fully saturated rings. The topological polar surface area (TPSA) is 36.9 Å². The maximum absolute atomic E-state index is 6.12. The Morgan fingerprint density at radius 1 is 1.05 bits per heavy atom. The summed E-state index contributed by atoms with van der Waals surface area (Å²) in [6.07, 6.45) is 5.47. The number of fused-ring (bicyclic) bond motifs is 6. The van der Waals surface area contributed by atoms with E-state index in [0.717, 1.165) is 18.8 Å². The number of ether oxygens (including phenoxy) is 2. The molecular weight excluding hydrogens is 256 g/mol. The molecule has 0 N–H and O–H groups in total. The molecule has 4 heterocycles. The molecule has 4 aliphatic rings. The van der Waals surface area contributed by atoms with Crippen LogP contribution in [0.1, 0.15) is 59.8 Å². The van der Waals surface area contributed by atoms with Gasteiger partial charge in [0.2, 0.25) is 5.79 Å². The molecule has 4 heteroatoms. The van der Waals surface area contributed by atoms with E-state index < -0.39 is 5.79 Å². The minimum absolute atomic E-state index is 0.0837. The van der Waals surface area contributed by atoms with Gasteiger partial charge >= 0.3 is 0 Å². The van der Waals surface area contributed by atoms with E-state index in [0.29, 0.717) is 11.8 Å². The van der Waals surface area contributed by atoms with Gasteiger partial charge in [0, 0.05) is 6.42 Å². The molecular formula is C16H28O4. The van der Waals surface area contributed by atoms with Crippen molar-refractivity contribution in [1.82, 2.24) is 0 Å². The first-order chi connectivity index (χ1) is 9.48. The lowest BCUT2D eigenvalue weighted by atomic mass is 9.78. The minimum Gasteiger partial charge on any atom is -0.346 e. The van der Waals surface area contributed by atoms with Gasteiger partial charge in [0.1, 0.15) is 6.10 Å². The smallest absolute Gasteiger partial charge is 0.201 e. The van der Waals surface area contributed by atoms with Gasteiger partial charge in [0.15, 0.2) is 6.29 Å². The summed E-state index contributed by atoms with van der Waals surface area (Å²) in [5.41, 5.74) is 0. The van der Waals surface area contributed by atoms with E-state index in [-0.39, 0.29) is 18.5 Å². The van der Waals surface area contributed by atoms with E-state index in [1.54, 1.807) is 0 Å². The monoisotopic (exact) mass is 284 g/mol. The minimum atomic E-state index is -0.657. The molecule has 4 bridgehead atoms. The van der Waals surface area contributed by atoms with E-state index >= 15 is 0 Å². The van der Waals surface area contributed by atoms with Crippen LogP contribution in [0.2, 0.25) is 0 Å². The van der Waals surface area contributed by atoms with E-state index in [1.807, 2.05) is 6.92 Å². The van der Waals surface area contributed by atoms with Crippen LogP contribution in [0.15, 0.2) is 0 Å². The summed E-state index contributed by atoms with van der Waals surface area (Å²) >= 11 is 0. The second-order valence-corrected chi connectivity index (χ2v) is 7.20. The van der Waals surface area contributed by atoms with Crippen molar-refractivity contribution in [2.45, 2.75) is 84.1 Å². The number of rotatable bonds is 0. The molecule has 0 saturated carbocycles. The highest BCUT2D eigenvalue weighted by atomic mass is 17.3. The lowest BCUT2D eigenvalue weighted by Crippen LogP contribution is -2.58. The molecule has 4 nitrogen and oxygen atoms in total. The number of hydrogen-bond donors (Lipinski definition) is 0. The lowest BCUT2D eigenvalue weighted by Gasteiger charge is -2.49. The highest BCUT2D eigenvalue weighted by molar-refractivity contribution is 4.89. The summed E-state index contributed by atoms with van der Waals surface area (Å²) in [6, 6.07) is 0. The van der Waals surface area contributed by atoms with Gasteiger partial charge in [-0.05, 0) is 44.4 Å². The van der Waals surface area contributed by atoms with Gasteiger partial charge in [0.25, 0.3) is 0 Å². The molecule has 0 radical (unpaired) electrons. The van der Waals surface area contributed by atoms with Gasteiger partial charge in [-0.2, -0.15) is 0 Å². The van der Waals surface area contributed by atoms with Gasteiger partial charge < -0.3 is 9.47 Å². The van der Waals surface area contributed by atoms with E-state index in [9.17, 15) is 0 Å². The van der Waals surface area contributed by atoms with Gasteiger partial charge in [-0.3, -0.25) is 0 Å². The Bertz CT molecular complexity index is 347. The molecule has 0 aliphatic carbocycles. The molecule has 116 valence electrons. The predicted molar refractivity (Wildman–Crippen MR) is 74.7 cm³/mol. The van der Waals surface area contributed by atoms with Crippen LogP contribution in [0.3, 0.4) is 0 Å². The Balaban J connectivity index is 1.85. The van der Waals surface area contributed by atoms with Crippen LogP contribution in [0.4, 0.5) is 0 Å². The average molecular weight is 284 g/mol. The highest BCUT2D eigenvalue weighted by Crippen LogP contribution is 2.43. The summed E-state index contributed by atoms with van der Waals surface area (Å²) in [5, 5.41) is 0. The standard InChI is InChI=1S/C16H28O4/c1-10-6-5-9-16(4)18-15-14(19-20-16)13(8-7-10)11(2)12(3)17-15/h10-15H,5-9H2,1-4H3/t10-,11-,12?,13?,14?,15+,16+/m0/s1. The van der Waals surface area contributed by atoms with E-state index in [2.05, 4.69) is 20.8 Å². The third-order valence-corrected chi connectivity index (χ3v) is 5.48. The van der Waals surface area contributed by atoms with Gasteiger partial charge in [-0.15, -0.1) is 0 Å². The van der Waals surface area contributed by atoms with Crippen molar-refractivity contribution in [3.05, 3.63) is 0 Å². The number of hydrogen-bond acceptors (Lipinski definition) is 4. The van der Waals surface area contributed by atoms with Gasteiger partial charge in [-0.25, -0.2) is 9.78 Å². The van der Waals surface area contributed by atoms with Gasteiger partial charge in [0.05, 0.1) is 6.10 Å². The zero-order valence-electron chi connectivity index (χ0n) is 13.1. The summed E-state index contributed by atoms with van der Waals surface area (Å²) in [6.45, 7) is 8.72. The normalized spacial score (nSPS) is 53.4. The molecule has 0 aromatic carbocycles. The van der Waals surface area contributed by atoms with Crippen molar-refractivity contribution in [1.29, 1.82) is 0 Å². The van der Waals surface area contributed by atoms with Crippen molar-refractivity contribution in [2.75, 3.05) is 0 Å². The largest absolute Gasteiger partial charge is 0.346 e. The Morgan fingerprint density at radius 3 is 2.65 bits per heavy atom. The second kappa shape index (κ2) is 5.56. The molecule has 7 atom stereocenters. The highest BCUT2D eigenvalue weighted by Gasteiger charge is 2.51. The Hall–Kier alpha value is -0.160. The third-order valence-electron chi connectivity index (χ3n) is 5.48. The van der Waals surface area contributed by atoms with Crippen molar-refractivity contribution in [3.63, 3.8) is 0 Å². The quantitative estimate of drug-likeness (QED) is 0.636. The summed E-state index contributed by atoms with van der Waals surface area (Å²) in [5.74, 6) is 1.03. The molecule has 3 unspecified atom stereocenters. The maximum atomic E-state index is 6.12. The van der Waals surface area contributed by atoms with Crippen LogP contribution in [0.5, 0.6) is 0 Å². The molecule has 0 aromatic rings. The molecule has 0 aromatic heterocycles. The molecule has 4 saturated heterocycles. The summed E-state index contributed by atoms with van der Waals surface area (Å²) in [7, 11) is 0. The van der Waals surface area contributed by atoms with Crippen molar-refractivity contribution in [3.8, 4) is 0 Å².